The van der Waals surface area contributed by atoms with Crippen molar-refractivity contribution in [2.45, 2.75) is 25.7 Å². The molecular weight excluding hydrogens is 502 g/mol. The Morgan fingerprint density at radius 1 is 0.900 bits per heavy atom. The molecule has 8 nitrogen and oxygen atoms in total. The molecule has 1 amide bonds. The Labute approximate surface area is 234 Å². The zero-order valence-corrected chi connectivity index (χ0v) is 22.8. The number of anilines is 3. The number of rotatable bonds is 9. The number of carboxylic acid groups (broad SMARTS) is 1. The Morgan fingerprint density at radius 2 is 1.57 bits per heavy atom. The van der Waals surface area contributed by atoms with E-state index in [2.05, 4.69) is 10.2 Å². The van der Waals surface area contributed by atoms with E-state index in [-0.39, 0.29) is 12.3 Å². The molecule has 5 rings (SSSR count). The summed E-state index contributed by atoms with van der Waals surface area (Å²) in [5.74, 6) is 0.914. The molecule has 0 atom stereocenters. The van der Waals surface area contributed by atoms with E-state index in [1.807, 2.05) is 97.9 Å². The number of hydrogen-bond acceptors (Lipinski definition) is 6. The van der Waals surface area contributed by atoms with Crippen LogP contribution in [0.5, 0.6) is 0 Å². The summed E-state index contributed by atoms with van der Waals surface area (Å²) in [5.41, 5.74) is 4.82. The number of nitrogens with one attached hydrogen (secondary N) is 1. The van der Waals surface area contributed by atoms with Crippen LogP contribution in [-0.2, 0) is 17.6 Å². The molecule has 4 aromatic rings. The lowest BCUT2D eigenvalue weighted by Crippen LogP contribution is -2.26. The summed E-state index contributed by atoms with van der Waals surface area (Å²) >= 11 is 0. The molecule has 0 bridgehead atoms. The number of aromatic nitrogens is 2. The molecule has 1 aliphatic heterocycles. The van der Waals surface area contributed by atoms with Gasteiger partial charge in [0.1, 0.15) is 17.5 Å². The standard InChI is InChI=1S/C32H33N5O3/c1-36(2)30-27(21-29(38)39)31(37-18-8-9-19-37)35-28(34-30)20-22-14-16-24(17-15-22)33-32(40)26-13-7-6-12-25(26)23-10-4-3-5-11-23/h3-7,10-17H,8-9,18-21H2,1-2H3,(H,33,40)(H,38,39). The summed E-state index contributed by atoms with van der Waals surface area (Å²) in [6.45, 7) is 1.72. The molecule has 2 N–H and O–H groups in total. The first kappa shape index (κ1) is 26.9. The van der Waals surface area contributed by atoms with Gasteiger partial charge in [0.05, 0.1) is 6.42 Å². The van der Waals surface area contributed by atoms with Gasteiger partial charge in [0.25, 0.3) is 5.91 Å². The smallest absolute Gasteiger partial charge is 0.308 e. The van der Waals surface area contributed by atoms with Crippen LogP contribution in [0, 0.1) is 0 Å². The van der Waals surface area contributed by atoms with E-state index in [1.165, 1.54) is 0 Å². The van der Waals surface area contributed by atoms with Gasteiger partial charge in [-0.1, -0.05) is 60.7 Å². The van der Waals surface area contributed by atoms with Gasteiger partial charge >= 0.3 is 5.97 Å². The lowest BCUT2D eigenvalue weighted by atomic mass is 9.99. The van der Waals surface area contributed by atoms with Crippen LogP contribution in [0.4, 0.5) is 17.3 Å². The van der Waals surface area contributed by atoms with Crippen LogP contribution >= 0.6 is 0 Å². The van der Waals surface area contributed by atoms with Gasteiger partial charge in [-0.2, -0.15) is 0 Å². The molecule has 1 aromatic heterocycles. The summed E-state index contributed by atoms with van der Waals surface area (Å²) in [5, 5.41) is 12.6. The summed E-state index contributed by atoms with van der Waals surface area (Å²) < 4.78 is 0. The minimum absolute atomic E-state index is 0.124. The molecule has 204 valence electrons. The van der Waals surface area contributed by atoms with E-state index in [0.29, 0.717) is 34.9 Å². The Morgan fingerprint density at radius 3 is 2.25 bits per heavy atom. The van der Waals surface area contributed by atoms with Crippen molar-refractivity contribution in [3.8, 4) is 11.1 Å². The zero-order valence-electron chi connectivity index (χ0n) is 22.8. The molecule has 3 aromatic carbocycles. The van der Waals surface area contributed by atoms with Gasteiger partial charge in [-0.3, -0.25) is 9.59 Å². The molecule has 0 radical (unpaired) electrons. The molecule has 0 saturated carbocycles. The molecule has 2 heterocycles. The van der Waals surface area contributed by atoms with Gasteiger partial charge in [0, 0.05) is 50.4 Å². The molecule has 0 unspecified atom stereocenters. The van der Waals surface area contributed by atoms with Crippen LogP contribution < -0.4 is 15.1 Å². The molecule has 1 fully saturated rings. The third-order valence-electron chi connectivity index (χ3n) is 7.00. The maximum absolute atomic E-state index is 13.2. The summed E-state index contributed by atoms with van der Waals surface area (Å²) in [7, 11) is 3.75. The maximum atomic E-state index is 13.2. The van der Waals surface area contributed by atoms with E-state index in [9.17, 15) is 14.7 Å². The quantitative estimate of drug-likeness (QED) is 0.301. The monoisotopic (exact) mass is 535 g/mol. The van der Waals surface area contributed by atoms with E-state index in [1.54, 1.807) is 0 Å². The van der Waals surface area contributed by atoms with Crippen molar-refractivity contribution in [2.75, 3.05) is 42.3 Å². The van der Waals surface area contributed by atoms with Crippen molar-refractivity contribution in [1.29, 1.82) is 0 Å². The van der Waals surface area contributed by atoms with Gasteiger partial charge in [-0.25, -0.2) is 9.97 Å². The van der Waals surface area contributed by atoms with Crippen molar-refractivity contribution in [2.24, 2.45) is 0 Å². The first-order chi connectivity index (χ1) is 19.4. The highest BCUT2D eigenvalue weighted by molar-refractivity contribution is 6.08. The van der Waals surface area contributed by atoms with Crippen LogP contribution in [0.1, 0.15) is 40.2 Å². The lowest BCUT2D eigenvalue weighted by molar-refractivity contribution is -0.136. The molecular formula is C32H33N5O3. The molecule has 1 saturated heterocycles. The highest BCUT2D eigenvalue weighted by atomic mass is 16.4. The second-order valence-corrected chi connectivity index (χ2v) is 10.2. The second-order valence-electron chi connectivity index (χ2n) is 10.2. The minimum atomic E-state index is -0.899. The number of aliphatic carboxylic acids is 1. The van der Waals surface area contributed by atoms with Crippen LogP contribution in [0.2, 0.25) is 0 Å². The number of amides is 1. The average molecular weight is 536 g/mol. The Balaban J connectivity index is 1.36. The number of carbonyl (C=O) groups is 2. The van der Waals surface area contributed by atoms with Crippen molar-refractivity contribution in [3.05, 3.63) is 101 Å². The maximum Gasteiger partial charge on any atom is 0.308 e. The van der Waals surface area contributed by atoms with Crippen molar-refractivity contribution in [3.63, 3.8) is 0 Å². The normalized spacial score (nSPS) is 12.8. The predicted octanol–water partition coefficient (Wildman–Crippen LogP) is 5.28. The first-order valence-electron chi connectivity index (χ1n) is 13.5. The van der Waals surface area contributed by atoms with Gasteiger partial charge in [-0.05, 0) is 47.7 Å². The highest BCUT2D eigenvalue weighted by Crippen LogP contribution is 2.30. The summed E-state index contributed by atoms with van der Waals surface area (Å²) in [6.07, 6.45) is 2.49. The van der Waals surface area contributed by atoms with Crippen LogP contribution in [0.3, 0.4) is 0 Å². The van der Waals surface area contributed by atoms with Gasteiger partial charge in [-0.15, -0.1) is 0 Å². The fourth-order valence-corrected chi connectivity index (χ4v) is 5.09. The fraction of sp³-hybridized carbons (Fsp3) is 0.250. The van der Waals surface area contributed by atoms with E-state index < -0.39 is 5.97 Å². The Bertz CT molecular complexity index is 1500. The van der Waals surface area contributed by atoms with Crippen LogP contribution in [0.15, 0.2) is 78.9 Å². The van der Waals surface area contributed by atoms with E-state index in [0.717, 1.165) is 48.4 Å². The van der Waals surface area contributed by atoms with Crippen LogP contribution in [-0.4, -0.2) is 54.1 Å². The lowest BCUT2D eigenvalue weighted by Gasteiger charge is -2.25. The van der Waals surface area contributed by atoms with Crippen molar-refractivity contribution in [1.82, 2.24) is 9.97 Å². The molecule has 8 heteroatoms. The third kappa shape index (κ3) is 6.12. The topological polar surface area (TPSA) is 98.7 Å². The first-order valence-corrected chi connectivity index (χ1v) is 13.5. The van der Waals surface area contributed by atoms with Crippen LogP contribution in [0.25, 0.3) is 11.1 Å². The van der Waals surface area contributed by atoms with Gasteiger partial charge in [0.15, 0.2) is 0 Å². The number of benzene rings is 3. The summed E-state index contributed by atoms with van der Waals surface area (Å²) in [6, 6.07) is 25.1. The van der Waals surface area contributed by atoms with Gasteiger partial charge < -0.3 is 20.2 Å². The fourth-order valence-electron chi connectivity index (χ4n) is 5.09. The number of hydrogen-bond donors (Lipinski definition) is 2. The highest BCUT2D eigenvalue weighted by Gasteiger charge is 2.24. The third-order valence-corrected chi connectivity index (χ3v) is 7.00. The average Bonchev–Trinajstić information content (AvgIpc) is 3.50. The number of carboxylic acids is 1. The Kier molecular flexibility index (Phi) is 8.05. The second kappa shape index (κ2) is 12.0. The van der Waals surface area contributed by atoms with E-state index >= 15 is 0 Å². The van der Waals surface area contributed by atoms with Crippen molar-refractivity contribution < 1.29 is 14.7 Å². The number of nitrogens with zero attached hydrogens (tertiary/aromatic N) is 4. The molecule has 0 aliphatic carbocycles. The van der Waals surface area contributed by atoms with Crippen molar-refractivity contribution >= 4 is 29.2 Å². The largest absolute Gasteiger partial charge is 0.481 e. The van der Waals surface area contributed by atoms with E-state index in [4.69, 9.17) is 9.97 Å². The SMILES string of the molecule is CN(C)c1nc(Cc2ccc(NC(=O)c3ccccc3-c3ccccc3)cc2)nc(N2CCCC2)c1CC(=O)O. The zero-order chi connectivity index (χ0) is 28.1. The molecule has 0 spiro atoms. The molecule has 40 heavy (non-hydrogen) atoms. The van der Waals surface area contributed by atoms with Gasteiger partial charge in [0.2, 0.25) is 0 Å². The summed E-state index contributed by atoms with van der Waals surface area (Å²) in [4.78, 5) is 38.5. The molecule has 1 aliphatic rings. The Hall–Kier alpha value is -4.72. The predicted molar refractivity (Wildman–Crippen MR) is 158 cm³/mol. The minimum Gasteiger partial charge on any atom is -0.481 e. The number of carbonyl (C=O) groups excluding carboxylic acids is 1.